The van der Waals surface area contributed by atoms with Crippen LogP contribution in [0.4, 0.5) is 5.69 Å². The number of carbonyl (C=O) groups is 1. The normalized spacial score (nSPS) is 17.9. The summed E-state index contributed by atoms with van der Waals surface area (Å²) in [4.78, 5) is 13.2. The van der Waals surface area contributed by atoms with Crippen molar-refractivity contribution >= 4 is 21.6 Å². The zero-order chi connectivity index (χ0) is 21.3. The number of rotatable bonds is 4. The first-order valence-corrected chi connectivity index (χ1v) is 11.5. The molecule has 1 saturated heterocycles. The molecule has 0 radical (unpaired) electrons. The van der Waals surface area contributed by atoms with E-state index in [0.29, 0.717) is 24.3 Å². The number of piperidine rings is 1. The molecule has 0 saturated carbocycles. The predicted octanol–water partition coefficient (Wildman–Crippen LogP) is 4.27. The smallest absolute Gasteiger partial charge is 0.243 e. The maximum atomic E-state index is 13.4. The van der Waals surface area contributed by atoms with Crippen molar-refractivity contribution in [1.29, 1.82) is 0 Å². The molecule has 0 aromatic heterocycles. The molecule has 156 valence electrons. The van der Waals surface area contributed by atoms with Crippen LogP contribution in [0.5, 0.6) is 0 Å². The van der Waals surface area contributed by atoms with E-state index in [1.807, 2.05) is 58.9 Å². The Morgan fingerprint density at radius 2 is 1.48 bits per heavy atom. The predicted molar refractivity (Wildman–Crippen MR) is 117 cm³/mol. The number of nitrogens with zero attached hydrogens (tertiary/aromatic N) is 1. The van der Waals surface area contributed by atoms with Crippen LogP contribution >= 0.6 is 0 Å². The average Bonchev–Trinajstić information content (AvgIpc) is 2.59. The number of amides is 1. The summed E-state index contributed by atoms with van der Waals surface area (Å²) in [5.74, 6) is -0.474. The SMILES string of the molecule is Cc1cc(C)cc(NC(=O)[C@@H]2CCCN(S(=O)(=O)c3c(C)cc(C)cc3C)C2)c1. The fraction of sp³-hybridized carbons (Fsp3) is 0.435. The van der Waals surface area contributed by atoms with Crippen molar-refractivity contribution in [2.75, 3.05) is 18.4 Å². The van der Waals surface area contributed by atoms with Gasteiger partial charge in [0.15, 0.2) is 0 Å². The van der Waals surface area contributed by atoms with Gasteiger partial charge < -0.3 is 5.32 Å². The van der Waals surface area contributed by atoms with Crippen LogP contribution in [-0.4, -0.2) is 31.7 Å². The number of hydrogen-bond acceptors (Lipinski definition) is 3. The molecule has 0 aliphatic carbocycles. The third-order valence-electron chi connectivity index (χ3n) is 5.45. The van der Waals surface area contributed by atoms with Crippen LogP contribution in [0.1, 0.15) is 40.7 Å². The van der Waals surface area contributed by atoms with Gasteiger partial charge in [0.05, 0.1) is 10.8 Å². The second-order valence-electron chi connectivity index (χ2n) is 8.30. The van der Waals surface area contributed by atoms with E-state index < -0.39 is 10.0 Å². The van der Waals surface area contributed by atoms with Gasteiger partial charge in [-0.25, -0.2) is 8.42 Å². The Labute approximate surface area is 174 Å². The summed E-state index contributed by atoms with van der Waals surface area (Å²) < 4.78 is 28.2. The summed E-state index contributed by atoms with van der Waals surface area (Å²) in [5.41, 5.74) is 5.48. The van der Waals surface area contributed by atoms with Crippen LogP contribution in [0.25, 0.3) is 0 Å². The topological polar surface area (TPSA) is 66.5 Å². The zero-order valence-electron chi connectivity index (χ0n) is 17.9. The van der Waals surface area contributed by atoms with Crippen molar-refractivity contribution in [1.82, 2.24) is 4.31 Å². The molecule has 1 aliphatic rings. The molecule has 29 heavy (non-hydrogen) atoms. The molecule has 6 heteroatoms. The number of hydrogen-bond donors (Lipinski definition) is 1. The van der Waals surface area contributed by atoms with Gasteiger partial charge in [-0.05, 0) is 81.8 Å². The lowest BCUT2D eigenvalue weighted by Crippen LogP contribution is -2.44. The Bertz CT molecular complexity index is 1000. The van der Waals surface area contributed by atoms with E-state index in [1.165, 1.54) is 4.31 Å². The van der Waals surface area contributed by atoms with Gasteiger partial charge >= 0.3 is 0 Å². The van der Waals surface area contributed by atoms with E-state index in [1.54, 1.807) is 0 Å². The van der Waals surface area contributed by atoms with Crippen LogP contribution < -0.4 is 5.32 Å². The van der Waals surface area contributed by atoms with Crippen LogP contribution in [-0.2, 0) is 14.8 Å². The van der Waals surface area contributed by atoms with Gasteiger partial charge in [0.2, 0.25) is 15.9 Å². The molecule has 1 atom stereocenters. The lowest BCUT2D eigenvalue weighted by Gasteiger charge is -2.32. The molecular formula is C23H30N2O3S. The minimum absolute atomic E-state index is 0.118. The summed E-state index contributed by atoms with van der Waals surface area (Å²) in [6.45, 7) is 10.3. The van der Waals surface area contributed by atoms with Crippen molar-refractivity contribution < 1.29 is 13.2 Å². The first kappa shape index (κ1) is 21.5. The number of carbonyl (C=O) groups excluding carboxylic acids is 1. The summed E-state index contributed by atoms with van der Waals surface area (Å²) in [6.07, 6.45) is 1.36. The van der Waals surface area contributed by atoms with Crippen LogP contribution in [0.3, 0.4) is 0 Å². The summed E-state index contributed by atoms with van der Waals surface area (Å²) in [5, 5.41) is 2.97. The number of anilines is 1. The molecular weight excluding hydrogens is 384 g/mol. The van der Waals surface area contributed by atoms with Crippen molar-refractivity contribution in [3.05, 3.63) is 58.1 Å². The van der Waals surface area contributed by atoms with Crippen molar-refractivity contribution in [3.8, 4) is 0 Å². The maximum Gasteiger partial charge on any atom is 0.243 e. The summed E-state index contributed by atoms with van der Waals surface area (Å²) >= 11 is 0. The van der Waals surface area contributed by atoms with Gasteiger partial charge in [-0.2, -0.15) is 4.31 Å². The highest BCUT2D eigenvalue weighted by Gasteiger charge is 2.34. The molecule has 1 N–H and O–H groups in total. The first-order chi connectivity index (χ1) is 13.6. The van der Waals surface area contributed by atoms with E-state index in [4.69, 9.17) is 0 Å². The van der Waals surface area contributed by atoms with Gasteiger partial charge in [0, 0.05) is 18.8 Å². The van der Waals surface area contributed by atoms with Crippen molar-refractivity contribution in [2.24, 2.45) is 5.92 Å². The molecule has 2 aromatic rings. The quantitative estimate of drug-likeness (QED) is 0.812. The molecule has 2 aromatic carbocycles. The minimum atomic E-state index is -3.64. The van der Waals surface area contributed by atoms with Crippen LogP contribution in [0, 0.1) is 40.5 Å². The van der Waals surface area contributed by atoms with Gasteiger partial charge in [-0.15, -0.1) is 0 Å². The lowest BCUT2D eigenvalue weighted by molar-refractivity contribution is -0.120. The highest BCUT2D eigenvalue weighted by molar-refractivity contribution is 7.89. The molecule has 1 amide bonds. The number of benzene rings is 2. The standard InChI is InChI=1S/C23H30N2O3S/c1-15-9-16(2)13-21(12-15)24-23(26)20-7-6-8-25(14-20)29(27,28)22-18(4)10-17(3)11-19(22)5/h9-13,20H,6-8,14H2,1-5H3,(H,24,26)/t20-/m1/s1. The molecule has 0 bridgehead atoms. The monoisotopic (exact) mass is 414 g/mol. The van der Waals surface area contributed by atoms with E-state index in [0.717, 1.165) is 33.5 Å². The average molecular weight is 415 g/mol. The fourth-order valence-corrected chi connectivity index (χ4v) is 6.30. The molecule has 1 fully saturated rings. The Hall–Kier alpha value is -2.18. The van der Waals surface area contributed by atoms with E-state index in [-0.39, 0.29) is 18.4 Å². The van der Waals surface area contributed by atoms with Gasteiger partial charge in [0.25, 0.3) is 0 Å². The summed E-state index contributed by atoms with van der Waals surface area (Å²) in [6, 6.07) is 9.71. The van der Waals surface area contributed by atoms with Gasteiger partial charge in [0.1, 0.15) is 0 Å². The minimum Gasteiger partial charge on any atom is -0.326 e. The number of aryl methyl sites for hydroxylation is 5. The second-order valence-corrected chi connectivity index (χ2v) is 10.2. The number of sulfonamides is 1. The second kappa shape index (κ2) is 8.28. The Morgan fingerprint density at radius 1 is 0.931 bits per heavy atom. The number of nitrogens with one attached hydrogen (secondary N) is 1. The lowest BCUT2D eigenvalue weighted by atomic mass is 9.98. The largest absolute Gasteiger partial charge is 0.326 e. The van der Waals surface area contributed by atoms with Gasteiger partial charge in [-0.1, -0.05) is 23.8 Å². The molecule has 1 aliphatic heterocycles. The molecule has 3 rings (SSSR count). The summed E-state index contributed by atoms with van der Waals surface area (Å²) in [7, 11) is -3.64. The molecule has 5 nitrogen and oxygen atoms in total. The van der Waals surface area contributed by atoms with Crippen LogP contribution in [0.15, 0.2) is 35.2 Å². The van der Waals surface area contributed by atoms with E-state index >= 15 is 0 Å². The Kier molecular flexibility index (Phi) is 6.15. The highest BCUT2D eigenvalue weighted by atomic mass is 32.2. The van der Waals surface area contributed by atoms with Gasteiger partial charge in [-0.3, -0.25) is 4.79 Å². The Morgan fingerprint density at radius 3 is 2.07 bits per heavy atom. The fourth-order valence-electron chi connectivity index (χ4n) is 4.37. The third kappa shape index (κ3) is 4.70. The van der Waals surface area contributed by atoms with E-state index in [9.17, 15) is 13.2 Å². The van der Waals surface area contributed by atoms with E-state index in [2.05, 4.69) is 11.4 Å². The first-order valence-electron chi connectivity index (χ1n) is 10.0. The molecule has 0 unspecified atom stereocenters. The maximum absolute atomic E-state index is 13.4. The van der Waals surface area contributed by atoms with Crippen molar-refractivity contribution in [3.63, 3.8) is 0 Å². The Balaban J connectivity index is 1.80. The zero-order valence-corrected chi connectivity index (χ0v) is 18.7. The highest BCUT2D eigenvalue weighted by Crippen LogP contribution is 2.29. The molecule has 1 heterocycles. The van der Waals surface area contributed by atoms with Crippen molar-refractivity contribution in [2.45, 2.75) is 52.4 Å². The third-order valence-corrected chi connectivity index (χ3v) is 7.62. The molecule has 0 spiro atoms. The van der Waals surface area contributed by atoms with Crippen LogP contribution in [0.2, 0.25) is 0 Å².